The third-order valence-corrected chi connectivity index (χ3v) is 6.18. The van der Waals surface area contributed by atoms with Crippen molar-refractivity contribution in [3.05, 3.63) is 0 Å². The Hall–Kier alpha value is -0.590. The zero-order valence-electron chi connectivity index (χ0n) is 12.1. The summed E-state index contributed by atoms with van der Waals surface area (Å²) in [5, 5.41) is 21.0. The van der Waals surface area contributed by atoms with E-state index in [0.29, 0.717) is 12.0 Å². The van der Waals surface area contributed by atoms with Crippen LogP contribution in [0.3, 0.4) is 0 Å². The largest absolute Gasteiger partial charge is 0.388 e. The Morgan fingerprint density at radius 2 is 2.11 bits per heavy atom. The molecule has 0 radical (unpaired) electrons. The Morgan fingerprint density at radius 1 is 1.26 bits per heavy atom. The summed E-state index contributed by atoms with van der Waals surface area (Å²) in [5.74, 6) is 0.644. The first-order chi connectivity index (χ1) is 9.12. The Morgan fingerprint density at radius 3 is 2.79 bits per heavy atom. The maximum atomic E-state index is 11.2. The van der Waals surface area contributed by atoms with Crippen LogP contribution in [0.15, 0.2) is 0 Å². The minimum Gasteiger partial charge on any atom is -0.388 e. The number of rotatable bonds is 2. The maximum absolute atomic E-state index is 11.2. The van der Waals surface area contributed by atoms with E-state index in [1.807, 2.05) is 0 Å². The van der Waals surface area contributed by atoms with Gasteiger partial charge in [-0.15, -0.1) is 0 Å². The van der Waals surface area contributed by atoms with Crippen LogP contribution < -0.4 is 0 Å². The molecule has 0 bridgehead atoms. The molecular weight excluding hydrogens is 236 g/mol. The number of aliphatic hydroxyl groups is 1. The van der Waals surface area contributed by atoms with Gasteiger partial charge in [-0.05, 0) is 57.4 Å². The summed E-state index contributed by atoms with van der Waals surface area (Å²) in [5.41, 5.74) is -1.18. The summed E-state index contributed by atoms with van der Waals surface area (Å²) < 4.78 is 0. The summed E-state index contributed by atoms with van der Waals surface area (Å²) >= 11 is 0. The second kappa shape index (κ2) is 4.75. The van der Waals surface area contributed by atoms with Crippen molar-refractivity contribution in [2.24, 2.45) is 11.3 Å². The second-order valence-electron chi connectivity index (χ2n) is 7.03. The number of nitrogens with zero attached hydrogens (tertiary/aromatic N) is 2. The molecule has 2 aliphatic heterocycles. The van der Waals surface area contributed by atoms with Crippen molar-refractivity contribution in [3.8, 4) is 6.07 Å². The molecule has 0 amide bonds. The minimum absolute atomic E-state index is 0.456. The molecular formula is C16H26N2O. The molecule has 0 aromatic rings. The number of fused-ring (bicyclic) bond motifs is 1. The van der Waals surface area contributed by atoms with Gasteiger partial charge < -0.3 is 10.0 Å². The highest BCUT2D eigenvalue weighted by Crippen LogP contribution is 2.54. The van der Waals surface area contributed by atoms with Crippen molar-refractivity contribution < 1.29 is 5.11 Å². The van der Waals surface area contributed by atoms with Crippen LogP contribution in [0.2, 0.25) is 0 Å². The zero-order valence-corrected chi connectivity index (χ0v) is 12.1. The molecule has 3 fully saturated rings. The van der Waals surface area contributed by atoms with Gasteiger partial charge in [0.15, 0.2) is 0 Å². The Bertz CT molecular complexity index is 391. The van der Waals surface area contributed by atoms with Crippen LogP contribution in [0.1, 0.15) is 58.3 Å². The average molecular weight is 262 g/mol. The van der Waals surface area contributed by atoms with Crippen molar-refractivity contribution in [1.82, 2.24) is 4.90 Å². The average Bonchev–Trinajstić information content (AvgIpc) is 3.04. The van der Waals surface area contributed by atoms with Gasteiger partial charge in [0.2, 0.25) is 0 Å². The SMILES string of the molecule is CCC1CCC(C#N)(C2(O)CCN3CCCC3C2)C1. The zero-order chi connectivity index (χ0) is 13.5. The molecule has 3 nitrogen and oxygen atoms in total. The number of hydrogen-bond donors (Lipinski definition) is 1. The Kier molecular flexibility index (Phi) is 3.35. The second-order valence-corrected chi connectivity index (χ2v) is 7.03. The highest BCUT2D eigenvalue weighted by molar-refractivity contribution is 5.17. The van der Waals surface area contributed by atoms with Crippen molar-refractivity contribution in [1.29, 1.82) is 5.26 Å². The van der Waals surface area contributed by atoms with Crippen LogP contribution >= 0.6 is 0 Å². The molecule has 2 heterocycles. The summed E-state index contributed by atoms with van der Waals surface area (Å²) in [6.07, 6.45) is 8.20. The summed E-state index contributed by atoms with van der Waals surface area (Å²) in [7, 11) is 0. The lowest BCUT2D eigenvalue weighted by Crippen LogP contribution is -2.56. The third-order valence-electron chi connectivity index (χ3n) is 6.18. The predicted octanol–water partition coefficient (Wildman–Crippen LogP) is 2.70. The first-order valence-electron chi connectivity index (χ1n) is 8.00. The van der Waals surface area contributed by atoms with Gasteiger partial charge in [0.25, 0.3) is 0 Å². The van der Waals surface area contributed by atoms with E-state index < -0.39 is 11.0 Å². The topological polar surface area (TPSA) is 47.3 Å². The molecule has 1 saturated carbocycles. The van der Waals surface area contributed by atoms with Gasteiger partial charge >= 0.3 is 0 Å². The van der Waals surface area contributed by atoms with E-state index in [1.54, 1.807) is 0 Å². The molecule has 2 saturated heterocycles. The number of nitriles is 1. The molecule has 1 aliphatic carbocycles. The fourth-order valence-corrected chi connectivity index (χ4v) is 4.80. The van der Waals surface area contributed by atoms with E-state index in [9.17, 15) is 10.4 Å². The first kappa shape index (κ1) is 13.4. The molecule has 106 valence electrons. The third kappa shape index (κ3) is 2.00. The van der Waals surface area contributed by atoms with Gasteiger partial charge in [-0.25, -0.2) is 0 Å². The van der Waals surface area contributed by atoms with Crippen LogP contribution in [0.4, 0.5) is 0 Å². The van der Waals surface area contributed by atoms with Crippen molar-refractivity contribution in [2.75, 3.05) is 13.1 Å². The van der Waals surface area contributed by atoms with Crippen molar-refractivity contribution >= 4 is 0 Å². The summed E-state index contributed by atoms with van der Waals surface area (Å²) in [6.45, 7) is 4.39. The standard InChI is InChI=1S/C16H26N2O/c1-2-13-5-6-15(10-13,12-17)16(19)7-9-18-8-3-4-14(18)11-16/h13-14,19H,2-11H2,1H3. The Labute approximate surface area is 116 Å². The first-order valence-corrected chi connectivity index (χ1v) is 8.00. The number of hydrogen-bond acceptors (Lipinski definition) is 3. The smallest absolute Gasteiger partial charge is 0.0864 e. The van der Waals surface area contributed by atoms with E-state index in [0.717, 1.165) is 45.1 Å². The van der Waals surface area contributed by atoms with E-state index in [-0.39, 0.29) is 0 Å². The van der Waals surface area contributed by atoms with E-state index in [2.05, 4.69) is 17.9 Å². The van der Waals surface area contributed by atoms with E-state index >= 15 is 0 Å². The van der Waals surface area contributed by atoms with E-state index in [4.69, 9.17) is 0 Å². The monoisotopic (exact) mass is 262 g/mol. The van der Waals surface area contributed by atoms with Gasteiger partial charge in [-0.1, -0.05) is 13.3 Å². The fourth-order valence-electron chi connectivity index (χ4n) is 4.80. The molecule has 3 aliphatic rings. The van der Waals surface area contributed by atoms with Crippen LogP contribution in [-0.4, -0.2) is 34.7 Å². The lowest BCUT2D eigenvalue weighted by molar-refractivity contribution is -0.107. The molecule has 0 spiro atoms. The van der Waals surface area contributed by atoms with Gasteiger partial charge in [0.1, 0.15) is 0 Å². The lowest BCUT2D eigenvalue weighted by Gasteiger charge is -2.48. The molecule has 0 aromatic carbocycles. The highest BCUT2D eigenvalue weighted by atomic mass is 16.3. The van der Waals surface area contributed by atoms with Crippen LogP contribution in [0, 0.1) is 22.7 Å². The van der Waals surface area contributed by atoms with Crippen LogP contribution in [0.5, 0.6) is 0 Å². The highest BCUT2D eigenvalue weighted by Gasteiger charge is 2.57. The van der Waals surface area contributed by atoms with Gasteiger partial charge in [0, 0.05) is 12.6 Å². The quantitative estimate of drug-likeness (QED) is 0.832. The molecule has 19 heavy (non-hydrogen) atoms. The molecule has 3 rings (SSSR count). The van der Waals surface area contributed by atoms with Crippen molar-refractivity contribution in [3.63, 3.8) is 0 Å². The molecule has 4 unspecified atom stereocenters. The van der Waals surface area contributed by atoms with Crippen LogP contribution in [0.25, 0.3) is 0 Å². The number of piperidine rings is 1. The Balaban J connectivity index is 1.81. The van der Waals surface area contributed by atoms with Crippen LogP contribution in [-0.2, 0) is 0 Å². The summed E-state index contributed by atoms with van der Waals surface area (Å²) in [6, 6.07) is 3.10. The van der Waals surface area contributed by atoms with Crippen molar-refractivity contribution in [2.45, 2.75) is 69.9 Å². The van der Waals surface area contributed by atoms with Gasteiger partial charge in [0.05, 0.1) is 17.1 Å². The molecule has 3 heteroatoms. The molecule has 0 aromatic heterocycles. The maximum Gasteiger partial charge on any atom is 0.0864 e. The lowest BCUT2D eigenvalue weighted by atomic mass is 9.65. The van der Waals surface area contributed by atoms with E-state index in [1.165, 1.54) is 19.4 Å². The van der Waals surface area contributed by atoms with Gasteiger partial charge in [-0.3, -0.25) is 0 Å². The molecule has 1 N–H and O–H groups in total. The fraction of sp³-hybridized carbons (Fsp3) is 0.938. The normalized spacial score (nSPS) is 47.0. The predicted molar refractivity (Wildman–Crippen MR) is 74.5 cm³/mol. The summed E-state index contributed by atoms with van der Waals surface area (Å²) in [4.78, 5) is 2.52. The minimum atomic E-state index is -0.725. The molecule has 4 atom stereocenters. The van der Waals surface area contributed by atoms with Gasteiger partial charge in [-0.2, -0.15) is 5.26 Å².